The van der Waals surface area contributed by atoms with Gasteiger partial charge in [0.2, 0.25) is 0 Å². The second-order valence-corrected chi connectivity index (χ2v) is 3.83. The zero-order chi connectivity index (χ0) is 14.9. The van der Waals surface area contributed by atoms with Crippen molar-refractivity contribution in [2.24, 2.45) is 0 Å². The molecule has 2 nitrogen and oxygen atoms in total. The first-order valence-corrected chi connectivity index (χ1v) is 5.31. The van der Waals surface area contributed by atoms with Gasteiger partial charge in [0.15, 0.2) is 11.6 Å². The highest BCUT2D eigenvalue weighted by atomic mass is 19.4. The van der Waals surface area contributed by atoms with Crippen LogP contribution >= 0.6 is 0 Å². The van der Waals surface area contributed by atoms with Crippen LogP contribution < -0.4 is 4.74 Å². The molecule has 0 amide bonds. The largest absolute Gasteiger partial charge is 0.573 e. The highest BCUT2D eigenvalue weighted by molar-refractivity contribution is 5.71. The van der Waals surface area contributed by atoms with Crippen LogP contribution in [0.25, 0.3) is 11.1 Å². The smallest absolute Gasteiger partial charge is 0.507 e. The molecule has 2 aromatic rings. The highest BCUT2D eigenvalue weighted by Crippen LogP contribution is 2.35. The van der Waals surface area contributed by atoms with E-state index >= 15 is 0 Å². The maximum absolute atomic E-state index is 13.6. The van der Waals surface area contributed by atoms with Gasteiger partial charge in [0.25, 0.3) is 0 Å². The summed E-state index contributed by atoms with van der Waals surface area (Å²) < 4.78 is 66.7. The first-order valence-electron chi connectivity index (χ1n) is 5.31. The Morgan fingerprint density at radius 3 is 2.35 bits per heavy atom. The number of ether oxygens (including phenoxy) is 1. The van der Waals surface area contributed by atoms with Crippen LogP contribution in [0.4, 0.5) is 22.0 Å². The predicted molar refractivity (Wildman–Crippen MR) is 60.1 cm³/mol. The van der Waals surface area contributed by atoms with Crippen molar-refractivity contribution in [2.45, 2.75) is 6.36 Å². The third kappa shape index (κ3) is 2.98. The molecule has 20 heavy (non-hydrogen) atoms. The summed E-state index contributed by atoms with van der Waals surface area (Å²) in [4.78, 5) is 0. The van der Waals surface area contributed by atoms with Crippen molar-refractivity contribution in [3.05, 3.63) is 48.0 Å². The number of alkyl halides is 3. The van der Waals surface area contributed by atoms with Gasteiger partial charge in [0.1, 0.15) is 11.5 Å². The van der Waals surface area contributed by atoms with Crippen LogP contribution in [-0.4, -0.2) is 11.5 Å². The van der Waals surface area contributed by atoms with E-state index in [0.717, 1.165) is 18.2 Å². The van der Waals surface area contributed by atoms with Gasteiger partial charge < -0.3 is 9.84 Å². The molecule has 0 aromatic heterocycles. The molecule has 1 N–H and O–H groups in total. The molecule has 0 bridgehead atoms. The molecule has 0 aliphatic heterocycles. The monoisotopic (exact) mass is 290 g/mol. The van der Waals surface area contributed by atoms with E-state index in [2.05, 4.69) is 4.74 Å². The minimum Gasteiger partial charge on any atom is -0.507 e. The van der Waals surface area contributed by atoms with Crippen LogP contribution in [0.2, 0.25) is 0 Å². The molecule has 0 aliphatic carbocycles. The first-order chi connectivity index (χ1) is 9.28. The van der Waals surface area contributed by atoms with Gasteiger partial charge >= 0.3 is 6.36 Å². The minimum absolute atomic E-state index is 0.138. The molecular formula is C13H7F5O2. The molecule has 2 aromatic carbocycles. The number of halogens is 5. The number of hydrogen-bond donors (Lipinski definition) is 1. The molecule has 0 heterocycles. The normalized spacial score (nSPS) is 11.4. The molecule has 2 rings (SSSR count). The second-order valence-electron chi connectivity index (χ2n) is 3.83. The average Bonchev–Trinajstić information content (AvgIpc) is 2.33. The zero-order valence-electron chi connectivity index (χ0n) is 9.71. The van der Waals surface area contributed by atoms with Crippen molar-refractivity contribution in [2.75, 3.05) is 0 Å². The topological polar surface area (TPSA) is 29.5 Å². The number of hydrogen-bond acceptors (Lipinski definition) is 2. The Hall–Kier alpha value is -2.31. The van der Waals surface area contributed by atoms with Crippen LogP contribution in [0, 0.1) is 11.6 Å². The lowest BCUT2D eigenvalue weighted by molar-refractivity contribution is -0.274. The first kappa shape index (κ1) is 14.1. The molecule has 0 saturated carbocycles. The third-order valence-corrected chi connectivity index (χ3v) is 2.43. The molecule has 106 valence electrons. The summed E-state index contributed by atoms with van der Waals surface area (Å²) in [5, 5.41) is 9.52. The van der Waals surface area contributed by atoms with E-state index in [1.807, 2.05) is 0 Å². The SMILES string of the molecule is Oc1ccc(F)c(F)c1-c1cccc(OC(F)(F)F)c1. The molecule has 0 atom stereocenters. The second kappa shape index (κ2) is 4.99. The summed E-state index contributed by atoms with van der Waals surface area (Å²) in [6, 6.07) is 5.87. The number of benzene rings is 2. The van der Waals surface area contributed by atoms with Crippen LogP contribution in [0.15, 0.2) is 36.4 Å². The molecule has 0 unspecified atom stereocenters. The third-order valence-electron chi connectivity index (χ3n) is 2.43. The van der Waals surface area contributed by atoms with Crippen LogP contribution in [0.3, 0.4) is 0 Å². The molecule has 0 aliphatic rings. The Labute approximate surface area is 110 Å². The lowest BCUT2D eigenvalue weighted by Crippen LogP contribution is -2.17. The fourth-order valence-corrected chi connectivity index (χ4v) is 1.66. The summed E-state index contributed by atoms with van der Waals surface area (Å²) in [6.07, 6.45) is -4.90. The Bertz CT molecular complexity index is 637. The Morgan fingerprint density at radius 2 is 1.70 bits per heavy atom. The summed E-state index contributed by atoms with van der Waals surface area (Å²) in [5.74, 6) is -3.76. The van der Waals surface area contributed by atoms with E-state index in [1.165, 1.54) is 12.1 Å². The van der Waals surface area contributed by atoms with E-state index < -0.39 is 35.1 Å². The maximum Gasteiger partial charge on any atom is 0.573 e. The Kier molecular flexibility index (Phi) is 3.52. The summed E-state index contributed by atoms with van der Waals surface area (Å²) in [5.41, 5.74) is -0.668. The van der Waals surface area contributed by atoms with E-state index in [1.54, 1.807) is 0 Å². The maximum atomic E-state index is 13.6. The average molecular weight is 290 g/mol. The highest BCUT2D eigenvalue weighted by Gasteiger charge is 2.31. The van der Waals surface area contributed by atoms with Crippen molar-refractivity contribution in [1.29, 1.82) is 0 Å². The van der Waals surface area contributed by atoms with Gasteiger partial charge in [-0.15, -0.1) is 13.2 Å². The standard InChI is InChI=1S/C13H7F5O2/c14-9-4-5-10(19)11(12(9)15)7-2-1-3-8(6-7)20-13(16,17)18/h1-6,19H. The number of phenolic OH excluding ortho intramolecular Hbond substituents is 1. The zero-order valence-corrected chi connectivity index (χ0v) is 9.71. The fraction of sp³-hybridized carbons (Fsp3) is 0.0769. The number of phenols is 1. The molecule has 0 fully saturated rings. The van der Waals surface area contributed by atoms with Crippen LogP contribution in [0.1, 0.15) is 0 Å². The Balaban J connectivity index is 2.49. The summed E-state index contributed by atoms with van der Waals surface area (Å²) in [7, 11) is 0. The van der Waals surface area contributed by atoms with Gasteiger partial charge in [-0.3, -0.25) is 0 Å². The van der Waals surface area contributed by atoms with E-state index in [9.17, 15) is 27.1 Å². The molecular weight excluding hydrogens is 283 g/mol. The van der Waals surface area contributed by atoms with Crippen molar-refractivity contribution in [3.63, 3.8) is 0 Å². The van der Waals surface area contributed by atoms with Gasteiger partial charge in [0.05, 0.1) is 5.56 Å². The van der Waals surface area contributed by atoms with Gasteiger partial charge in [-0.1, -0.05) is 12.1 Å². The fourth-order valence-electron chi connectivity index (χ4n) is 1.66. The van der Waals surface area contributed by atoms with Crippen molar-refractivity contribution >= 4 is 0 Å². The van der Waals surface area contributed by atoms with Crippen LogP contribution in [-0.2, 0) is 0 Å². The minimum atomic E-state index is -4.90. The summed E-state index contributed by atoms with van der Waals surface area (Å²) >= 11 is 0. The quantitative estimate of drug-likeness (QED) is 0.838. The molecule has 0 spiro atoms. The lowest BCUT2D eigenvalue weighted by Gasteiger charge is -2.11. The van der Waals surface area contributed by atoms with E-state index in [4.69, 9.17) is 0 Å². The van der Waals surface area contributed by atoms with Gasteiger partial charge in [-0.25, -0.2) is 8.78 Å². The van der Waals surface area contributed by atoms with Crippen molar-refractivity contribution in [1.82, 2.24) is 0 Å². The van der Waals surface area contributed by atoms with Crippen molar-refractivity contribution < 1.29 is 31.8 Å². The van der Waals surface area contributed by atoms with Gasteiger partial charge in [-0.2, -0.15) is 0 Å². The number of aromatic hydroxyl groups is 1. The molecule has 7 heteroatoms. The Morgan fingerprint density at radius 1 is 1.00 bits per heavy atom. The van der Waals surface area contributed by atoms with Gasteiger partial charge in [0, 0.05) is 0 Å². The molecule has 0 radical (unpaired) electrons. The predicted octanol–water partition coefficient (Wildman–Crippen LogP) is 4.24. The van der Waals surface area contributed by atoms with E-state index in [0.29, 0.717) is 6.07 Å². The van der Waals surface area contributed by atoms with Gasteiger partial charge in [-0.05, 0) is 29.8 Å². The molecule has 0 saturated heterocycles. The lowest BCUT2D eigenvalue weighted by atomic mass is 10.0. The van der Waals surface area contributed by atoms with Crippen molar-refractivity contribution in [3.8, 4) is 22.6 Å². The van der Waals surface area contributed by atoms with E-state index in [-0.39, 0.29) is 5.56 Å². The van der Waals surface area contributed by atoms with Crippen LogP contribution in [0.5, 0.6) is 11.5 Å². The number of rotatable bonds is 2. The summed E-state index contributed by atoms with van der Waals surface area (Å²) in [6.45, 7) is 0.